The number of likely N-dealkylation sites (N-methyl/N-ethyl adjacent to an activating group) is 1. The van der Waals surface area contributed by atoms with Crippen molar-refractivity contribution in [2.45, 2.75) is 47.1 Å². The van der Waals surface area contributed by atoms with E-state index in [9.17, 15) is 8.78 Å². The van der Waals surface area contributed by atoms with Crippen LogP contribution in [0, 0.1) is 28.4 Å². The minimum Gasteiger partial charge on any atom is -0.314 e. The Morgan fingerprint density at radius 1 is 1.15 bits per heavy atom. The van der Waals surface area contributed by atoms with E-state index >= 15 is 0 Å². The van der Waals surface area contributed by atoms with E-state index < -0.39 is 11.6 Å². The standard InChI is InChI=1S/C17H25F2N/c1-6-20-14(15-16(2,3)17(15,4)5)9-11-7-8-12(18)10-13(11)19/h7-8,10,14-15,20H,6,9H2,1-5H3. The summed E-state index contributed by atoms with van der Waals surface area (Å²) in [4.78, 5) is 0. The molecule has 0 saturated heterocycles. The zero-order valence-corrected chi connectivity index (χ0v) is 13.1. The molecule has 0 aliphatic heterocycles. The third kappa shape index (κ3) is 2.48. The number of hydrogen-bond acceptors (Lipinski definition) is 1. The van der Waals surface area contributed by atoms with Gasteiger partial charge in [-0.3, -0.25) is 0 Å². The van der Waals surface area contributed by atoms with Gasteiger partial charge >= 0.3 is 0 Å². The molecule has 0 aromatic heterocycles. The van der Waals surface area contributed by atoms with Gasteiger partial charge in [0.1, 0.15) is 11.6 Å². The van der Waals surface area contributed by atoms with E-state index in [1.807, 2.05) is 0 Å². The van der Waals surface area contributed by atoms with Crippen molar-refractivity contribution in [3.63, 3.8) is 0 Å². The number of benzene rings is 1. The Hall–Kier alpha value is -0.960. The second-order valence-corrected chi connectivity index (χ2v) is 7.03. The van der Waals surface area contributed by atoms with Crippen LogP contribution in [0.4, 0.5) is 8.78 Å². The fourth-order valence-electron chi connectivity index (χ4n) is 3.75. The number of rotatable bonds is 5. The minimum absolute atomic E-state index is 0.227. The van der Waals surface area contributed by atoms with Gasteiger partial charge in [-0.05, 0) is 41.3 Å². The molecule has 1 nitrogen and oxygen atoms in total. The van der Waals surface area contributed by atoms with Crippen molar-refractivity contribution in [1.82, 2.24) is 5.32 Å². The Morgan fingerprint density at radius 2 is 1.75 bits per heavy atom. The zero-order chi connectivity index (χ0) is 15.1. The van der Waals surface area contributed by atoms with E-state index in [0.717, 1.165) is 12.6 Å². The average Bonchev–Trinajstić information content (AvgIpc) is 2.72. The monoisotopic (exact) mass is 281 g/mol. The highest BCUT2D eigenvalue weighted by Gasteiger charge is 2.66. The van der Waals surface area contributed by atoms with Crippen LogP contribution in [0.3, 0.4) is 0 Å². The Morgan fingerprint density at radius 3 is 2.20 bits per heavy atom. The molecular formula is C17H25F2N. The molecule has 0 radical (unpaired) electrons. The van der Waals surface area contributed by atoms with Gasteiger partial charge in [-0.25, -0.2) is 8.78 Å². The predicted octanol–water partition coefficient (Wildman–Crippen LogP) is 4.17. The van der Waals surface area contributed by atoms with Gasteiger partial charge in [0, 0.05) is 12.1 Å². The smallest absolute Gasteiger partial charge is 0.129 e. The maximum absolute atomic E-state index is 13.9. The first-order valence-electron chi connectivity index (χ1n) is 7.39. The predicted molar refractivity (Wildman–Crippen MR) is 78.6 cm³/mol. The Bertz CT molecular complexity index is 480. The van der Waals surface area contributed by atoms with Crippen molar-refractivity contribution < 1.29 is 8.78 Å². The highest BCUT2D eigenvalue weighted by molar-refractivity contribution is 5.23. The molecule has 1 aromatic rings. The molecule has 1 aliphatic carbocycles. The molecule has 1 N–H and O–H groups in total. The van der Waals surface area contributed by atoms with Crippen molar-refractivity contribution in [3.05, 3.63) is 35.4 Å². The minimum atomic E-state index is -0.515. The van der Waals surface area contributed by atoms with Crippen molar-refractivity contribution in [2.75, 3.05) is 6.54 Å². The zero-order valence-electron chi connectivity index (χ0n) is 13.1. The largest absolute Gasteiger partial charge is 0.314 e. The lowest BCUT2D eigenvalue weighted by Crippen LogP contribution is -2.35. The molecule has 1 atom stereocenters. The van der Waals surface area contributed by atoms with Crippen LogP contribution in [-0.4, -0.2) is 12.6 Å². The van der Waals surface area contributed by atoms with Crippen LogP contribution in [0.2, 0.25) is 0 Å². The highest BCUT2D eigenvalue weighted by atomic mass is 19.1. The van der Waals surface area contributed by atoms with Gasteiger partial charge in [-0.2, -0.15) is 0 Å². The van der Waals surface area contributed by atoms with E-state index in [1.54, 1.807) is 6.07 Å². The van der Waals surface area contributed by atoms with E-state index in [4.69, 9.17) is 0 Å². The van der Waals surface area contributed by atoms with Gasteiger partial charge in [0.25, 0.3) is 0 Å². The van der Waals surface area contributed by atoms with E-state index in [2.05, 4.69) is 39.9 Å². The van der Waals surface area contributed by atoms with Crippen LogP contribution in [0.5, 0.6) is 0 Å². The fourth-order valence-corrected chi connectivity index (χ4v) is 3.75. The summed E-state index contributed by atoms with van der Waals surface area (Å²) in [5, 5.41) is 3.49. The van der Waals surface area contributed by atoms with E-state index in [0.29, 0.717) is 17.9 Å². The second kappa shape index (κ2) is 5.10. The Balaban J connectivity index is 2.19. The average molecular weight is 281 g/mol. The van der Waals surface area contributed by atoms with Gasteiger partial charge in [0.2, 0.25) is 0 Å². The molecule has 0 heterocycles. The molecule has 1 unspecified atom stereocenters. The van der Waals surface area contributed by atoms with E-state index in [1.165, 1.54) is 6.07 Å². The first-order chi connectivity index (χ1) is 9.21. The number of nitrogens with one attached hydrogen (secondary N) is 1. The third-order valence-electron chi connectivity index (χ3n) is 5.46. The molecule has 112 valence electrons. The van der Waals surface area contributed by atoms with Crippen LogP contribution in [0.15, 0.2) is 18.2 Å². The highest BCUT2D eigenvalue weighted by Crippen LogP contribution is 2.69. The van der Waals surface area contributed by atoms with Crippen LogP contribution >= 0.6 is 0 Å². The molecule has 1 aromatic carbocycles. The molecule has 2 rings (SSSR count). The van der Waals surface area contributed by atoms with E-state index in [-0.39, 0.29) is 16.9 Å². The van der Waals surface area contributed by atoms with Gasteiger partial charge < -0.3 is 5.32 Å². The summed E-state index contributed by atoms with van der Waals surface area (Å²) in [5.74, 6) is -0.457. The maximum atomic E-state index is 13.9. The summed E-state index contributed by atoms with van der Waals surface area (Å²) >= 11 is 0. The third-order valence-corrected chi connectivity index (χ3v) is 5.46. The first-order valence-corrected chi connectivity index (χ1v) is 7.39. The Kier molecular flexibility index (Phi) is 3.94. The van der Waals surface area contributed by atoms with Crippen molar-refractivity contribution >= 4 is 0 Å². The molecule has 0 bridgehead atoms. The summed E-state index contributed by atoms with van der Waals surface area (Å²) < 4.78 is 26.8. The van der Waals surface area contributed by atoms with Crippen LogP contribution in [-0.2, 0) is 6.42 Å². The molecule has 1 fully saturated rings. The van der Waals surface area contributed by atoms with Crippen LogP contribution < -0.4 is 5.32 Å². The first kappa shape index (κ1) is 15.4. The molecule has 0 spiro atoms. The summed E-state index contributed by atoms with van der Waals surface area (Å²) in [6.45, 7) is 12.0. The Labute approximate surface area is 120 Å². The fraction of sp³-hybridized carbons (Fsp3) is 0.647. The number of hydrogen-bond donors (Lipinski definition) is 1. The maximum Gasteiger partial charge on any atom is 0.129 e. The lowest BCUT2D eigenvalue weighted by Gasteiger charge is -2.21. The summed E-state index contributed by atoms with van der Waals surface area (Å²) in [6.07, 6.45) is 0.609. The normalized spacial score (nSPS) is 21.8. The molecular weight excluding hydrogens is 256 g/mol. The molecule has 20 heavy (non-hydrogen) atoms. The van der Waals surface area contributed by atoms with Crippen molar-refractivity contribution in [2.24, 2.45) is 16.7 Å². The summed E-state index contributed by atoms with van der Waals surface area (Å²) in [6, 6.07) is 4.11. The topological polar surface area (TPSA) is 12.0 Å². The van der Waals surface area contributed by atoms with Gasteiger partial charge in [0.05, 0.1) is 0 Å². The number of halogens is 2. The second-order valence-electron chi connectivity index (χ2n) is 7.03. The van der Waals surface area contributed by atoms with Crippen molar-refractivity contribution in [3.8, 4) is 0 Å². The van der Waals surface area contributed by atoms with Crippen molar-refractivity contribution in [1.29, 1.82) is 0 Å². The van der Waals surface area contributed by atoms with Crippen LogP contribution in [0.25, 0.3) is 0 Å². The molecule has 3 heteroatoms. The molecule has 1 aliphatic rings. The SMILES string of the molecule is CCNC(Cc1ccc(F)cc1F)C1C(C)(C)C1(C)C. The van der Waals surface area contributed by atoms with Gasteiger partial charge in [-0.1, -0.05) is 40.7 Å². The lowest BCUT2D eigenvalue weighted by molar-refractivity contribution is 0.397. The summed E-state index contributed by atoms with van der Waals surface area (Å²) in [7, 11) is 0. The molecule has 0 amide bonds. The van der Waals surface area contributed by atoms with Gasteiger partial charge in [0.15, 0.2) is 0 Å². The quantitative estimate of drug-likeness (QED) is 0.854. The van der Waals surface area contributed by atoms with Gasteiger partial charge in [-0.15, -0.1) is 0 Å². The molecule has 1 saturated carbocycles. The summed E-state index contributed by atoms with van der Waals surface area (Å²) in [5.41, 5.74) is 1.09. The lowest BCUT2D eigenvalue weighted by atomic mass is 9.96. The van der Waals surface area contributed by atoms with Crippen LogP contribution in [0.1, 0.15) is 40.2 Å².